The molecule has 0 spiro atoms. The van der Waals surface area contributed by atoms with Gasteiger partial charge in [-0.2, -0.15) is 0 Å². The predicted molar refractivity (Wildman–Crippen MR) is 62.8 cm³/mol. The molecule has 15 heavy (non-hydrogen) atoms. The average Bonchev–Trinajstić information content (AvgIpc) is 2.47. The highest BCUT2D eigenvalue weighted by atomic mass is 16.7. The number of hydrogen-bond donors (Lipinski definition) is 0. The van der Waals surface area contributed by atoms with E-state index in [0.717, 1.165) is 19.3 Å². The van der Waals surface area contributed by atoms with Crippen molar-refractivity contribution in [1.29, 1.82) is 0 Å². The second kappa shape index (κ2) is 5.66. The quantitative estimate of drug-likeness (QED) is 0.625. The van der Waals surface area contributed by atoms with Gasteiger partial charge in [-0.3, -0.25) is 0 Å². The molecule has 1 saturated heterocycles. The number of allylic oxidation sites excluding steroid dienone is 1. The summed E-state index contributed by atoms with van der Waals surface area (Å²) in [5.41, 5.74) is 0. The summed E-state index contributed by atoms with van der Waals surface area (Å²) in [6.45, 7) is 9.96. The van der Waals surface area contributed by atoms with Gasteiger partial charge in [0.2, 0.25) is 0 Å². The van der Waals surface area contributed by atoms with E-state index in [0.29, 0.717) is 0 Å². The Morgan fingerprint density at radius 2 is 1.80 bits per heavy atom. The molecule has 1 heterocycles. The van der Waals surface area contributed by atoms with Gasteiger partial charge in [0.25, 0.3) is 0 Å². The molecule has 2 atom stereocenters. The molecular formula is C13H24O2. The summed E-state index contributed by atoms with van der Waals surface area (Å²) in [7, 11) is 0. The first kappa shape index (κ1) is 12.7. The minimum Gasteiger partial charge on any atom is -0.345 e. The van der Waals surface area contributed by atoms with E-state index in [1.807, 2.05) is 19.9 Å². The molecule has 0 N–H and O–H groups in total. The van der Waals surface area contributed by atoms with E-state index in [1.165, 1.54) is 12.8 Å². The summed E-state index contributed by atoms with van der Waals surface area (Å²) in [5.74, 6) is -0.399. The van der Waals surface area contributed by atoms with Gasteiger partial charge < -0.3 is 9.47 Å². The van der Waals surface area contributed by atoms with Crippen molar-refractivity contribution in [3.8, 4) is 0 Å². The molecule has 0 aromatic heterocycles. The van der Waals surface area contributed by atoms with Gasteiger partial charge in [-0.15, -0.1) is 6.58 Å². The zero-order chi connectivity index (χ0) is 11.3. The summed E-state index contributed by atoms with van der Waals surface area (Å²) in [5, 5.41) is 0. The van der Waals surface area contributed by atoms with Crippen LogP contribution in [-0.2, 0) is 9.47 Å². The summed E-state index contributed by atoms with van der Waals surface area (Å²) in [6, 6.07) is 0. The second-order valence-electron chi connectivity index (χ2n) is 4.72. The highest BCUT2D eigenvalue weighted by Gasteiger charge is 2.39. The van der Waals surface area contributed by atoms with Crippen molar-refractivity contribution in [1.82, 2.24) is 0 Å². The number of rotatable bonds is 6. The van der Waals surface area contributed by atoms with Gasteiger partial charge in [0.1, 0.15) is 0 Å². The van der Waals surface area contributed by atoms with Crippen molar-refractivity contribution in [2.75, 3.05) is 0 Å². The van der Waals surface area contributed by atoms with Gasteiger partial charge in [-0.25, -0.2) is 0 Å². The van der Waals surface area contributed by atoms with Gasteiger partial charge in [-0.05, 0) is 33.1 Å². The Balaban J connectivity index is 2.45. The maximum absolute atomic E-state index is 5.90. The molecule has 1 aliphatic rings. The molecule has 1 fully saturated rings. The fourth-order valence-electron chi connectivity index (χ4n) is 2.09. The van der Waals surface area contributed by atoms with Crippen LogP contribution in [0.1, 0.15) is 52.9 Å². The summed E-state index contributed by atoms with van der Waals surface area (Å²) in [6.07, 6.45) is 8.06. The Morgan fingerprint density at radius 1 is 1.20 bits per heavy atom. The number of ether oxygens (including phenoxy) is 2. The second-order valence-corrected chi connectivity index (χ2v) is 4.72. The Kier molecular flexibility index (Phi) is 4.81. The molecule has 0 amide bonds. The maximum Gasteiger partial charge on any atom is 0.163 e. The Morgan fingerprint density at radius 3 is 2.33 bits per heavy atom. The average molecular weight is 212 g/mol. The van der Waals surface area contributed by atoms with E-state index in [2.05, 4.69) is 13.5 Å². The van der Waals surface area contributed by atoms with Crippen LogP contribution in [0.5, 0.6) is 0 Å². The van der Waals surface area contributed by atoms with Crippen molar-refractivity contribution in [2.24, 2.45) is 0 Å². The maximum atomic E-state index is 5.90. The third-order valence-corrected chi connectivity index (χ3v) is 2.78. The standard InChI is InChI=1S/C13H24O2/c1-5-7-9-11-12(10-8-6-2)15-13(3,4)14-11/h5,11-12H,1,6-10H2,2-4H3/t11-,12-/m1/s1. The van der Waals surface area contributed by atoms with Crippen molar-refractivity contribution in [3.05, 3.63) is 12.7 Å². The Labute approximate surface area is 93.7 Å². The first-order valence-corrected chi connectivity index (χ1v) is 6.05. The lowest BCUT2D eigenvalue weighted by Crippen LogP contribution is -2.22. The molecular weight excluding hydrogens is 188 g/mol. The van der Waals surface area contributed by atoms with Crippen LogP contribution < -0.4 is 0 Å². The minimum atomic E-state index is -0.399. The molecule has 0 saturated carbocycles. The molecule has 1 aliphatic heterocycles. The van der Waals surface area contributed by atoms with Gasteiger partial charge in [0.15, 0.2) is 5.79 Å². The first-order chi connectivity index (χ1) is 7.09. The lowest BCUT2D eigenvalue weighted by Gasteiger charge is -2.16. The topological polar surface area (TPSA) is 18.5 Å². The predicted octanol–water partition coefficient (Wildman–Crippen LogP) is 3.66. The number of hydrogen-bond acceptors (Lipinski definition) is 2. The van der Waals surface area contributed by atoms with Gasteiger partial charge >= 0.3 is 0 Å². The molecule has 0 bridgehead atoms. The fourth-order valence-corrected chi connectivity index (χ4v) is 2.09. The smallest absolute Gasteiger partial charge is 0.163 e. The van der Waals surface area contributed by atoms with E-state index >= 15 is 0 Å². The molecule has 0 unspecified atom stereocenters. The highest BCUT2D eigenvalue weighted by molar-refractivity contribution is 4.83. The molecule has 0 radical (unpaired) electrons. The van der Waals surface area contributed by atoms with Crippen LogP contribution in [0.15, 0.2) is 12.7 Å². The monoisotopic (exact) mass is 212 g/mol. The zero-order valence-corrected chi connectivity index (χ0v) is 10.3. The fraction of sp³-hybridized carbons (Fsp3) is 0.846. The lowest BCUT2D eigenvalue weighted by molar-refractivity contribution is -0.147. The van der Waals surface area contributed by atoms with Crippen molar-refractivity contribution in [3.63, 3.8) is 0 Å². The van der Waals surface area contributed by atoms with Crippen molar-refractivity contribution in [2.45, 2.75) is 70.9 Å². The molecule has 2 nitrogen and oxygen atoms in total. The van der Waals surface area contributed by atoms with Crippen LogP contribution in [0.25, 0.3) is 0 Å². The van der Waals surface area contributed by atoms with Gasteiger partial charge in [0.05, 0.1) is 12.2 Å². The molecule has 0 aliphatic carbocycles. The van der Waals surface area contributed by atoms with Crippen LogP contribution in [0, 0.1) is 0 Å². The van der Waals surface area contributed by atoms with Crippen molar-refractivity contribution >= 4 is 0 Å². The Hall–Kier alpha value is -0.340. The summed E-state index contributed by atoms with van der Waals surface area (Å²) in [4.78, 5) is 0. The molecule has 88 valence electrons. The van der Waals surface area contributed by atoms with Gasteiger partial charge in [-0.1, -0.05) is 25.8 Å². The van der Waals surface area contributed by atoms with E-state index in [1.54, 1.807) is 0 Å². The lowest BCUT2D eigenvalue weighted by atomic mass is 10.0. The van der Waals surface area contributed by atoms with Crippen LogP contribution >= 0.6 is 0 Å². The van der Waals surface area contributed by atoms with Crippen LogP contribution in [0.4, 0.5) is 0 Å². The summed E-state index contributed by atoms with van der Waals surface area (Å²) >= 11 is 0. The number of unbranched alkanes of at least 4 members (excludes halogenated alkanes) is 1. The van der Waals surface area contributed by atoms with Crippen LogP contribution in [0.3, 0.4) is 0 Å². The zero-order valence-electron chi connectivity index (χ0n) is 10.3. The molecule has 1 rings (SSSR count). The molecule has 0 aromatic rings. The largest absolute Gasteiger partial charge is 0.345 e. The normalized spacial score (nSPS) is 29.3. The minimum absolute atomic E-state index is 0.254. The van der Waals surface area contributed by atoms with E-state index < -0.39 is 5.79 Å². The molecule has 0 aromatic carbocycles. The van der Waals surface area contributed by atoms with E-state index in [9.17, 15) is 0 Å². The highest BCUT2D eigenvalue weighted by Crippen LogP contribution is 2.32. The van der Waals surface area contributed by atoms with Crippen LogP contribution in [-0.4, -0.2) is 18.0 Å². The molecule has 2 heteroatoms. The SMILES string of the molecule is C=CCC[C@H]1OC(C)(C)O[C@@H]1CCCC. The van der Waals surface area contributed by atoms with E-state index in [4.69, 9.17) is 9.47 Å². The van der Waals surface area contributed by atoms with Crippen LogP contribution in [0.2, 0.25) is 0 Å². The van der Waals surface area contributed by atoms with E-state index in [-0.39, 0.29) is 12.2 Å². The third-order valence-electron chi connectivity index (χ3n) is 2.78. The van der Waals surface area contributed by atoms with Gasteiger partial charge in [0, 0.05) is 0 Å². The third kappa shape index (κ3) is 3.96. The van der Waals surface area contributed by atoms with Crippen molar-refractivity contribution < 1.29 is 9.47 Å². The summed E-state index contributed by atoms with van der Waals surface area (Å²) < 4.78 is 11.8. The Bertz CT molecular complexity index is 199. The first-order valence-electron chi connectivity index (χ1n) is 6.05.